The highest BCUT2D eigenvalue weighted by Gasteiger charge is 2.42. The van der Waals surface area contributed by atoms with E-state index in [0.717, 1.165) is 16.7 Å². The van der Waals surface area contributed by atoms with E-state index in [4.69, 9.17) is 4.74 Å². The zero-order valence-corrected chi connectivity index (χ0v) is 29.1. The van der Waals surface area contributed by atoms with Gasteiger partial charge in [0.1, 0.15) is 5.75 Å². The van der Waals surface area contributed by atoms with Crippen molar-refractivity contribution in [2.75, 3.05) is 7.11 Å². The molecule has 0 saturated heterocycles. The Morgan fingerprint density at radius 1 is 0.480 bits per heavy atom. The molecule has 0 aliphatic carbocycles. The summed E-state index contributed by atoms with van der Waals surface area (Å²) in [6.45, 7) is 3.53. The third-order valence-electron chi connectivity index (χ3n) is 8.43. The molecule has 0 amide bonds. The highest BCUT2D eigenvalue weighted by atomic mass is 31.1. The fourth-order valence-corrected chi connectivity index (χ4v) is 11.5. The first kappa shape index (κ1) is 35.4. The summed E-state index contributed by atoms with van der Waals surface area (Å²) < 4.78 is 96.4. The lowest BCUT2D eigenvalue weighted by molar-refractivity contribution is -0.142. The second kappa shape index (κ2) is 14.4. The number of halogens is 6. The Morgan fingerprint density at radius 2 is 0.860 bits per heavy atom. The Labute approximate surface area is 290 Å². The Kier molecular flexibility index (Phi) is 10.2. The largest absolute Gasteiger partial charge is 0.496 e. The predicted molar refractivity (Wildman–Crippen MR) is 195 cm³/mol. The Hall–Kier alpha value is -4.44. The summed E-state index contributed by atoms with van der Waals surface area (Å²) in [7, 11) is -1.97. The first-order valence-corrected chi connectivity index (χ1v) is 18.4. The minimum Gasteiger partial charge on any atom is -0.496 e. The molecule has 6 aromatic carbocycles. The molecule has 0 N–H and O–H groups in total. The van der Waals surface area contributed by atoms with E-state index in [1.807, 2.05) is 73.7 Å². The molecule has 1 nitrogen and oxygen atoms in total. The number of benzene rings is 6. The summed E-state index contributed by atoms with van der Waals surface area (Å²) in [5, 5.41) is 3.56. The lowest BCUT2D eigenvalue weighted by Gasteiger charge is -2.31. The van der Waals surface area contributed by atoms with Gasteiger partial charge < -0.3 is 4.74 Å². The smallest absolute Gasteiger partial charge is 0.417 e. The van der Waals surface area contributed by atoms with Gasteiger partial charge in [-0.05, 0) is 96.4 Å². The van der Waals surface area contributed by atoms with Gasteiger partial charge in [-0.1, -0.05) is 121 Å². The topological polar surface area (TPSA) is 9.23 Å². The van der Waals surface area contributed by atoms with Crippen molar-refractivity contribution in [1.82, 2.24) is 0 Å². The molecular formula is C41H32F6OP2. The van der Waals surface area contributed by atoms with Crippen LogP contribution < -0.4 is 36.6 Å². The SMILES string of the molecule is COc1c(C)cc(P(c2ccccc2)c2ccccc2)c(-c2c(P(c3ccccc3)c3ccccc3)cc(C(F)(F)F)cc2C(F)(F)F)c1C. The monoisotopic (exact) mass is 716 g/mol. The average molecular weight is 717 g/mol. The van der Waals surface area contributed by atoms with Crippen LogP contribution in [0.15, 0.2) is 140 Å². The molecule has 0 aromatic heterocycles. The van der Waals surface area contributed by atoms with Crippen molar-refractivity contribution in [2.45, 2.75) is 26.2 Å². The second-order valence-electron chi connectivity index (χ2n) is 11.7. The molecule has 0 aliphatic rings. The molecule has 0 heterocycles. The van der Waals surface area contributed by atoms with Crippen molar-refractivity contribution in [3.8, 4) is 16.9 Å². The quantitative estimate of drug-likeness (QED) is 0.113. The summed E-state index contributed by atoms with van der Waals surface area (Å²) in [6, 6.07) is 39.7. The first-order valence-electron chi connectivity index (χ1n) is 15.7. The summed E-state index contributed by atoms with van der Waals surface area (Å²) in [4.78, 5) is 0. The molecule has 0 radical (unpaired) electrons. The summed E-state index contributed by atoms with van der Waals surface area (Å²) in [5.41, 5.74) is -1.61. The lowest BCUT2D eigenvalue weighted by atomic mass is 9.92. The number of hydrogen-bond donors (Lipinski definition) is 0. The third kappa shape index (κ3) is 7.08. The van der Waals surface area contributed by atoms with Gasteiger partial charge >= 0.3 is 12.4 Å². The molecule has 6 aromatic rings. The maximum atomic E-state index is 15.5. The van der Waals surface area contributed by atoms with Crippen LogP contribution in [0.2, 0.25) is 0 Å². The van der Waals surface area contributed by atoms with Crippen molar-refractivity contribution in [3.63, 3.8) is 0 Å². The standard InChI is InChI=1S/C41H32F6OP2/c1-27-24-35(49(30-16-8-4-9-17-30)31-18-10-5-11-19-31)37(28(2)39(27)48-3)38-34(41(45,46)47)25-29(40(42,43)44)26-36(38)50(32-20-12-6-13-21-32)33-22-14-7-15-23-33/h4-26H,1-3H3. The fourth-order valence-electron chi connectivity index (χ4n) is 6.37. The van der Waals surface area contributed by atoms with Crippen molar-refractivity contribution in [2.24, 2.45) is 0 Å². The number of methoxy groups -OCH3 is 1. The average Bonchev–Trinajstić information content (AvgIpc) is 3.10. The summed E-state index contributed by atoms with van der Waals surface area (Å²) in [5.74, 6) is 0.377. The molecule has 0 atom stereocenters. The van der Waals surface area contributed by atoms with Crippen LogP contribution in [0.25, 0.3) is 11.1 Å². The van der Waals surface area contributed by atoms with Gasteiger partial charge in [-0.3, -0.25) is 0 Å². The summed E-state index contributed by atoms with van der Waals surface area (Å²) in [6.07, 6.45) is -10.2. The highest BCUT2D eigenvalue weighted by molar-refractivity contribution is 7.80. The van der Waals surface area contributed by atoms with Gasteiger partial charge in [-0.2, -0.15) is 26.3 Å². The van der Waals surface area contributed by atoms with Crippen LogP contribution in [-0.4, -0.2) is 7.11 Å². The number of hydrogen-bond acceptors (Lipinski definition) is 1. The predicted octanol–water partition coefficient (Wildman–Crippen LogP) is 9.53. The molecule has 0 unspecified atom stereocenters. The van der Waals surface area contributed by atoms with E-state index in [2.05, 4.69) is 0 Å². The third-order valence-corrected chi connectivity index (χ3v) is 13.4. The van der Waals surface area contributed by atoms with E-state index < -0.39 is 39.3 Å². The molecule has 0 aliphatic heterocycles. The van der Waals surface area contributed by atoms with Crippen molar-refractivity contribution >= 4 is 47.7 Å². The van der Waals surface area contributed by atoms with Crippen LogP contribution in [0.1, 0.15) is 22.3 Å². The molecular weight excluding hydrogens is 684 g/mol. The van der Waals surface area contributed by atoms with Crippen molar-refractivity contribution in [3.05, 3.63) is 162 Å². The van der Waals surface area contributed by atoms with Gasteiger partial charge in [0.25, 0.3) is 0 Å². The second-order valence-corrected chi connectivity index (χ2v) is 16.0. The minimum absolute atomic E-state index is 0.0362. The Bertz CT molecular complexity index is 2000. The minimum atomic E-state index is -5.14. The molecule has 9 heteroatoms. The van der Waals surface area contributed by atoms with Crippen LogP contribution in [0.4, 0.5) is 26.3 Å². The maximum absolute atomic E-state index is 15.5. The maximum Gasteiger partial charge on any atom is 0.417 e. The Balaban J connectivity index is 1.85. The van der Waals surface area contributed by atoms with Crippen LogP contribution in [0.3, 0.4) is 0 Å². The molecule has 6 rings (SSSR count). The van der Waals surface area contributed by atoms with E-state index in [1.165, 1.54) is 7.11 Å². The summed E-state index contributed by atoms with van der Waals surface area (Å²) >= 11 is 0. The van der Waals surface area contributed by atoms with E-state index in [1.54, 1.807) is 67.6 Å². The van der Waals surface area contributed by atoms with Crippen LogP contribution in [0.5, 0.6) is 5.75 Å². The van der Waals surface area contributed by atoms with E-state index >= 15 is 13.2 Å². The van der Waals surface area contributed by atoms with E-state index in [9.17, 15) is 13.2 Å². The van der Waals surface area contributed by atoms with E-state index in [-0.39, 0.29) is 22.5 Å². The van der Waals surface area contributed by atoms with Gasteiger partial charge in [0, 0.05) is 5.56 Å². The molecule has 50 heavy (non-hydrogen) atoms. The molecule has 254 valence electrons. The van der Waals surface area contributed by atoms with E-state index in [0.29, 0.717) is 32.8 Å². The van der Waals surface area contributed by atoms with Gasteiger partial charge in [0.05, 0.1) is 18.2 Å². The zero-order valence-electron chi connectivity index (χ0n) is 27.3. The highest BCUT2D eigenvalue weighted by Crippen LogP contribution is 2.49. The zero-order chi connectivity index (χ0) is 35.6. The molecule has 0 spiro atoms. The van der Waals surface area contributed by atoms with Gasteiger partial charge in [-0.25, -0.2) is 0 Å². The number of ether oxygens (including phenoxy) is 1. The van der Waals surface area contributed by atoms with Crippen LogP contribution in [-0.2, 0) is 12.4 Å². The number of aryl methyl sites for hydroxylation is 1. The van der Waals surface area contributed by atoms with Gasteiger partial charge in [0.15, 0.2) is 0 Å². The van der Waals surface area contributed by atoms with Crippen molar-refractivity contribution in [1.29, 1.82) is 0 Å². The van der Waals surface area contributed by atoms with Crippen LogP contribution in [0, 0.1) is 13.8 Å². The Morgan fingerprint density at radius 3 is 1.20 bits per heavy atom. The molecule has 0 fully saturated rings. The fraction of sp³-hybridized carbons (Fsp3) is 0.122. The van der Waals surface area contributed by atoms with Crippen LogP contribution >= 0.6 is 15.8 Å². The van der Waals surface area contributed by atoms with Gasteiger partial charge in [0.2, 0.25) is 0 Å². The molecule has 0 bridgehead atoms. The lowest BCUT2D eigenvalue weighted by Crippen LogP contribution is -2.30. The molecule has 0 saturated carbocycles. The number of alkyl halides is 6. The first-order chi connectivity index (χ1) is 23.9. The van der Waals surface area contributed by atoms with Crippen molar-refractivity contribution < 1.29 is 31.1 Å². The normalized spacial score (nSPS) is 12.1. The van der Waals surface area contributed by atoms with Gasteiger partial charge in [-0.15, -0.1) is 0 Å². The number of rotatable bonds is 8.